The number of nitrogens with one attached hydrogen (secondary N) is 3. The summed E-state index contributed by atoms with van der Waals surface area (Å²) in [7, 11) is 0. The molecule has 0 fully saturated rings. The third-order valence-corrected chi connectivity index (χ3v) is 4.75. The molecule has 0 unspecified atom stereocenters. The number of halogens is 7. The highest BCUT2D eigenvalue weighted by Crippen LogP contribution is 2.33. The molecule has 0 atom stereocenters. The van der Waals surface area contributed by atoms with E-state index in [4.69, 9.17) is 23.8 Å². The van der Waals surface area contributed by atoms with Crippen LogP contribution in [0.2, 0.25) is 5.02 Å². The summed E-state index contributed by atoms with van der Waals surface area (Å²) in [5.74, 6) is -1.25. The molecule has 1 amide bonds. The lowest BCUT2D eigenvalue weighted by molar-refractivity contribution is -0.274. The molecule has 0 saturated heterocycles. The van der Waals surface area contributed by atoms with Gasteiger partial charge in [0.1, 0.15) is 10.8 Å². The topological polar surface area (TPSA) is 75.3 Å². The van der Waals surface area contributed by atoms with Crippen molar-refractivity contribution >= 4 is 52.3 Å². The molecule has 2 rings (SSSR count). The number of hydrogen-bond acceptors (Lipinski definition) is 5. The van der Waals surface area contributed by atoms with Crippen LogP contribution in [0, 0.1) is 0 Å². The summed E-state index contributed by atoms with van der Waals surface area (Å²) in [6.45, 7) is 0. The predicted molar refractivity (Wildman–Crippen MR) is 106 cm³/mol. The van der Waals surface area contributed by atoms with Gasteiger partial charge < -0.3 is 10.1 Å². The molecule has 3 N–H and O–H groups in total. The van der Waals surface area contributed by atoms with E-state index in [-0.39, 0.29) is 20.9 Å². The summed E-state index contributed by atoms with van der Waals surface area (Å²) in [4.78, 5) is 15.4. The number of amides is 1. The number of hydrogen-bond donors (Lipinski definition) is 3. The molecule has 31 heavy (non-hydrogen) atoms. The molecule has 0 aliphatic carbocycles. The van der Waals surface area contributed by atoms with E-state index in [1.807, 2.05) is 0 Å². The second-order valence-electron chi connectivity index (χ2n) is 5.50. The maximum Gasteiger partial charge on any atom is 0.573 e. The average Bonchev–Trinajstić information content (AvgIpc) is 2.65. The van der Waals surface area contributed by atoms with Crippen molar-refractivity contribution in [2.24, 2.45) is 0 Å². The Balaban J connectivity index is 1.78. The van der Waals surface area contributed by atoms with E-state index in [0.717, 1.165) is 23.9 Å². The third kappa shape index (κ3) is 8.67. The molecule has 1 heterocycles. The molecule has 0 spiro atoms. The van der Waals surface area contributed by atoms with Gasteiger partial charge in [0, 0.05) is 11.9 Å². The minimum absolute atomic E-state index is 0.0340. The number of aromatic nitrogens is 1. The first-order chi connectivity index (χ1) is 14.3. The maximum absolute atomic E-state index is 12.6. The fourth-order valence-corrected chi connectivity index (χ4v) is 3.05. The Morgan fingerprint density at radius 2 is 1.77 bits per heavy atom. The first-order valence-corrected chi connectivity index (χ1v) is 9.68. The molecule has 0 bridgehead atoms. The molecular weight excluding hydrogens is 494 g/mol. The van der Waals surface area contributed by atoms with Crippen molar-refractivity contribution in [3.63, 3.8) is 0 Å². The van der Waals surface area contributed by atoms with Crippen LogP contribution in [0.1, 0.15) is 5.56 Å². The minimum atomic E-state index is -4.81. The predicted octanol–water partition coefficient (Wildman–Crippen LogP) is 4.76. The van der Waals surface area contributed by atoms with Crippen molar-refractivity contribution in [3.05, 3.63) is 47.1 Å². The Bertz CT molecular complexity index is 941. The van der Waals surface area contributed by atoms with Crippen LogP contribution in [0.4, 0.5) is 32.0 Å². The van der Waals surface area contributed by atoms with Gasteiger partial charge in [0.15, 0.2) is 5.11 Å². The summed E-state index contributed by atoms with van der Waals surface area (Å²) in [5, 5.41) is 2.32. The number of alkyl halides is 6. The zero-order valence-corrected chi connectivity index (χ0v) is 17.3. The van der Waals surface area contributed by atoms with Crippen LogP contribution in [0.25, 0.3) is 0 Å². The van der Waals surface area contributed by atoms with Gasteiger partial charge in [-0.25, -0.2) is 4.98 Å². The Kier molecular flexibility index (Phi) is 8.20. The summed E-state index contributed by atoms with van der Waals surface area (Å²) in [6, 6.07) is 5.37. The number of nitrogens with zero attached hydrogens (tertiary/aromatic N) is 1. The standard InChI is InChI=1S/C16H11ClF6N4O2S2/c17-11-5-8(15(18,19)20)6-24-13(11)31-7-12(28)26-27-14(30)25-9-1-3-10(4-2-9)29-16(21,22)23/h1-6H,7H2,(H,26,28)(H2,25,27,30). The number of pyridine rings is 1. The van der Waals surface area contributed by atoms with E-state index < -0.39 is 29.8 Å². The molecule has 0 aliphatic rings. The van der Waals surface area contributed by atoms with Gasteiger partial charge in [0.05, 0.1) is 16.3 Å². The molecule has 2 aromatic rings. The van der Waals surface area contributed by atoms with Gasteiger partial charge in [0.2, 0.25) is 5.91 Å². The molecule has 1 aromatic carbocycles. The Morgan fingerprint density at radius 1 is 1.13 bits per heavy atom. The number of ether oxygens (including phenoxy) is 1. The second kappa shape index (κ2) is 10.2. The lowest BCUT2D eigenvalue weighted by atomic mass is 10.3. The van der Waals surface area contributed by atoms with Crippen LogP contribution in [-0.2, 0) is 11.0 Å². The fourth-order valence-electron chi connectivity index (χ4n) is 1.89. The van der Waals surface area contributed by atoms with Gasteiger partial charge in [-0.15, -0.1) is 13.2 Å². The van der Waals surface area contributed by atoms with Crippen LogP contribution < -0.4 is 20.9 Å². The summed E-state index contributed by atoms with van der Waals surface area (Å²) in [5.41, 5.74) is 3.89. The van der Waals surface area contributed by atoms with Crippen molar-refractivity contribution in [2.45, 2.75) is 17.6 Å². The highest BCUT2D eigenvalue weighted by Gasteiger charge is 2.32. The molecular formula is C16H11ClF6N4O2S2. The molecule has 15 heteroatoms. The van der Waals surface area contributed by atoms with Crippen molar-refractivity contribution in [2.75, 3.05) is 11.1 Å². The number of anilines is 1. The number of thioether (sulfide) groups is 1. The van der Waals surface area contributed by atoms with Crippen molar-refractivity contribution < 1.29 is 35.9 Å². The van der Waals surface area contributed by atoms with E-state index in [1.54, 1.807) is 0 Å². The summed E-state index contributed by atoms with van der Waals surface area (Å²) >= 11 is 11.5. The van der Waals surface area contributed by atoms with Gasteiger partial charge in [0.25, 0.3) is 0 Å². The minimum Gasteiger partial charge on any atom is -0.406 e. The number of carbonyl (C=O) groups is 1. The average molecular weight is 505 g/mol. The quantitative estimate of drug-likeness (QED) is 0.234. The smallest absolute Gasteiger partial charge is 0.406 e. The van der Waals surface area contributed by atoms with Gasteiger partial charge in [-0.3, -0.25) is 15.6 Å². The van der Waals surface area contributed by atoms with Gasteiger partial charge >= 0.3 is 12.5 Å². The lowest BCUT2D eigenvalue weighted by Crippen LogP contribution is -2.44. The van der Waals surface area contributed by atoms with Crippen LogP contribution in [0.3, 0.4) is 0 Å². The largest absolute Gasteiger partial charge is 0.573 e. The van der Waals surface area contributed by atoms with Crippen LogP contribution in [-0.4, -0.2) is 28.1 Å². The number of hydrazine groups is 1. The Morgan fingerprint density at radius 3 is 2.32 bits per heavy atom. The lowest BCUT2D eigenvalue weighted by Gasteiger charge is -2.13. The molecule has 6 nitrogen and oxygen atoms in total. The number of benzene rings is 1. The second-order valence-corrected chi connectivity index (χ2v) is 7.28. The zero-order chi connectivity index (χ0) is 23.2. The Labute approximate surface area is 185 Å². The van der Waals surface area contributed by atoms with Crippen LogP contribution in [0.5, 0.6) is 5.75 Å². The van der Waals surface area contributed by atoms with Crippen LogP contribution in [0.15, 0.2) is 41.6 Å². The molecule has 0 radical (unpaired) electrons. The third-order valence-electron chi connectivity index (χ3n) is 3.14. The van der Waals surface area contributed by atoms with Crippen molar-refractivity contribution in [1.82, 2.24) is 15.8 Å². The SMILES string of the molecule is O=C(CSc1ncc(C(F)(F)F)cc1Cl)NNC(=S)Nc1ccc(OC(F)(F)F)cc1. The van der Waals surface area contributed by atoms with E-state index in [9.17, 15) is 31.1 Å². The molecule has 168 valence electrons. The van der Waals surface area contributed by atoms with Gasteiger partial charge in [-0.05, 0) is 42.5 Å². The van der Waals surface area contributed by atoms with E-state index in [1.165, 1.54) is 12.1 Å². The molecule has 1 aromatic heterocycles. The van der Waals surface area contributed by atoms with Gasteiger partial charge in [-0.2, -0.15) is 13.2 Å². The monoisotopic (exact) mass is 504 g/mol. The maximum atomic E-state index is 12.6. The highest BCUT2D eigenvalue weighted by atomic mass is 35.5. The van der Waals surface area contributed by atoms with Crippen LogP contribution >= 0.6 is 35.6 Å². The fraction of sp³-hybridized carbons (Fsp3) is 0.188. The number of carbonyl (C=O) groups excluding carboxylic acids is 1. The van der Waals surface area contributed by atoms with Crippen molar-refractivity contribution in [1.29, 1.82) is 0 Å². The Hall–Kier alpha value is -2.45. The summed E-state index contributed by atoms with van der Waals surface area (Å²) in [6.07, 6.45) is -8.79. The number of thiocarbonyl (C=S) groups is 1. The zero-order valence-electron chi connectivity index (χ0n) is 14.9. The number of rotatable bonds is 5. The molecule has 0 saturated carbocycles. The summed E-state index contributed by atoms with van der Waals surface area (Å²) < 4.78 is 77.8. The highest BCUT2D eigenvalue weighted by molar-refractivity contribution is 8.00. The van der Waals surface area contributed by atoms with Gasteiger partial charge in [-0.1, -0.05) is 23.4 Å². The van der Waals surface area contributed by atoms with E-state index in [0.29, 0.717) is 18.0 Å². The normalized spacial score (nSPS) is 11.6. The van der Waals surface area contributed by atoms with E-state index >= 15 is 0 Å². The first-order valence-electron chi connectivity index (χ1n) is 7.90. The first kappa shape index (κ1) is 24.8. The molecule has 0 aliphatic heterocycles. The van der Waals surface area contributed by atoms with Crippen molar-refractivity contribution in [3.8, 4) is 5.75 Å². The van der Waals surface area contributed by atoms with E-state index in [2.05, 4.69) is 25.9 Å².